The zero-order chi connectivity index (χ0) is 72.1. The fourth-order valence-electron chi connectivity index (χ4n) is 17.8. The Balaban J connectivity index is 0.907. The Morgan fingerprint density at radius 3 is 1.12 bits per heavy atom. The molecule has 6 heterocycles. The second-order valence-electron chi connectivity index (χ2n) is 28.9. The molecule has 0 unspecified atom stereocenters. The number of furan rings is 3. The van der Waals surface area contributed by atoms with Crippen molar-refractivity contribution in [2.45, 2.75) is 0 Å². The van der Waals surface area contributed by atoms with Crippen LogP contribution in [0.25, 0.3) is 153 Å². The van der Waals surface area contributed by atoms with Crippen LogP contribution in [0.3, 0.4) is 0 Å². The van der Waals surface area contributed by atoms with Crippen LogP contribution in [-0.4, -0.2) is 6.71 Å². The summed E-state index contributed by atoms with van der Waals surface area (Å²) in [4.78, 5) is 7.66. The van der Waals surface area contributed by atoms with Crippen molar-refractivity contribution in [2.75, 3.05) is 14.7 Å². The average molecular weight is 1420 g/mol. The summed E-state index contributed by atoms with van der Waals surface area (Å²) in [7, 11) is 0. The molecule has 2 aliphatic heterocycles. The number of rotatable bonds is 11. The third-order valence-electron chi connectivity index (χ3n) is 22.8. The van der Waals surface area contributed by atoms with E-state index in [0.29, 0.717) is 0 Å². The van der Waals surface area contributed by atoms with Crippen molar-refractivity contribution in [3.05, 3.63) is 376 Å². The molecular formula is C102H62BN3O3S. The smallest absolute Gasteiger partial charge is 0.252 e. The standard InChI is InChI=1S/C102H62BN3O3S/c1-7-23-63(24-8-1)67-39-45-73(46-40-67)104(74-47-41-68(42-48-74)64-25-9-2-10-26-64)75-57-90-98-91(58-75)106(100-77(70-33-17-6-18-34-70)50-52-81-79-36-20-22-38-93(79)109-102(81)100)89-60-85-84-56-72(66-29-13-4-14-30-66)44-54-96(84)110-97(85)62-87(89)103(98)86-61-95-83(82-55-71(43-53-94(82)107-95)65-27-11-3-12-28-65)59-88(86)105(90)99-76(69-31-15-5-16-32-69)49-51-80-78-35-19-21-37-92(78)108-101(80)99/h1-62H. The van der Waals surface area contributed by atoms with Crippen molar-refractivity contribution in [1.29, 1.82) is 0 Å². The van der Waals surface area contributed by atoms with Gasteiger partial charge in [-0.2, -0.15) is 0 Å². The van der Waals surface area contributed by atoms with Gasteiger partial charge < -0.3 is 28.0 Å². The molecule has 0 amide bonds. The van der Waals surface area contributed by atoms with Gasteiger partial charge >= 0.3 is 0 Å². The van der Waals surface area contributed by atoms with Gasteiger partial charge in [-0.1, -0.05) is 267 Å². The maximum atomic E-state index is 7.56. The van der Waals surface area contributed by atoms with Crippen molar-refractivity contribution >= 4 is 172 Å². The van der Waals surface area contributed by atoms with E-state index in [9.17, 15) is 0 Å². The maximum absolute atomic E-state index is 7.56. The second-order valence-corrected chi connectivity index (χ2v) is 30.0. The van der Waals surface area contributed by atoms with Gasteiger partial charge in [-0.3, -0.25) is 0 Å². The molecule has 23 rings (SSSR count). The quantitative estimate of drug-likeness (QED) is 0.120. The number of para-hydroxylation sites is 2. The molecule has 0 aliphatic carbocycles. The van der Waals surface area contributed by atoms with Crippen LogP contribution in [-0.2, 0) is 0 Å². The molecule has 110 heavy (non-hydrogen) atoms. The SMILES string of the molecule is c1ccc(-c2ccc(N(c3ccc(-c4ccccc4)cc3)c3cc4c5c(c3)N(c3c(-c6ccccc6)ccc6c3oc3ccccc36)c3cc6c(cc3B5c3cc5oc7ccc(-c8ccccc8)cc7c5cc3N4c3c(-c4ccccc4)ccc4c3oc3ccccc34)sc3ccc(-c4ccccc4)cc36)cc2)cc1. The van der Waals surface area contributed by atoms with E-state index < -0.39 is 6.71 Å². The lowest BCUT2D eigenvalue weighted by Gasteiger charge is -2.45. The van der Waals surface area contributed by atoms with Gasteiger partial charge in [-0.25, -0.2) is 0 Å². The first kappa shape index (κ1) is 62.1. The molecular weight excluding hydrogens is 1360 g/mol. The highest BCUT2D eigenvalue weighted by Gasteiger charge is 2.47. The van der Waals surface area contributed by atoms with Gasteiger partial charge in [0.25, 0.3) is 6.71 Å². The van der Waals surface area contributed by atoms with E-state index in [4.69, 9.17) is 13.3 Å². The van der Waals surface area contributed by atoms with E-state index >= 15 is 0 Å². The van der Waals surface area contributed by atoms with Crippen LogP contribution < -0.4 is 31.1 Å². The van der Waals surface area contributed by atoms with E-state index in [2.05, 4.69) is 391 Å². The maximum Gasteiger partial charge on any atom is 0.252 e. The van der Waals surface area contributed by atoms with Gasteiger partial charge in [0, 0.05) is 97.7 Å². The Labute approximate surface area is 638 Å². The van der Waals surface area contributed by atoms with Crippen LogP contribution in [0.2, 0.25) is 0 Å². The Bertz CT molecular complexity index is 6830. The summed E-state index contributed by atoms with van der Waals surface area (Å²) in [5.74, 6) is 0. The average Bonchev–Trinajstić information content (AvgIpc) is 1.12. The number of benzene rings is 17. The molecule has 0 bridgehead atoms. The van der Waals surface area contributed by atoms with Crippen LogP contribution in [0.5, 0.6) is 0 Å². The molecule has 0 radical (unpaired) electrons. The monoisotopic (exact) mass is 1420 g/mol. The topological polar surface area (TPSA) is 49.1 Å². The molecule has 4 aromatic heterocycles. The van der Waals surface area contributed by atoms with Crippen molar-refractivity contribution in [3.63, 3.8) is 0 Å². The number of thiophene rings is 1. The minimum Gasteiger partial charge on any atom is -0.456 e. The summed E-state index contributed by atoms with van der Waals surface area (Å²) in [5.41, 5.74) is 30.2. The fourth-order valence-corrected chi connectivity index (χ4v) is 18.9. The number of anilines is 9. The molecule has 0 fully saturated rings. The van der Waals surface area contributed by atoms with E-state index in [1.165, 1.54) is 31.3 Å². The van der Waals surface area contributed by atoms with Gasteiger partial charge in [0.05, 0.1) is 17.1 Å². The third kappa shape index (κ3) is 9.76. The van der Waals surface area contributed by atoms with Gasteiger partial charge in [0.15, 0.2) is 11.2 Å². The number of hydrogen-bond donors (Lipinski definition) is 0. The molecule has 21 aromatic rings. The number of hydrogen-bond acceptors (Lipinski definition) is 7. The zero-order valence-electron chi connectivity index (χ0n) is 59.3. The lowest BCUT2D eigenvalue weighted by Crippen LogP contribution is -2.61. The predicted molar refractivity (Wildman–Crippen MR) is 462 cm³/mol. The molecule has 0 spiro atoms. The molecule has 0 saturated heterocycles. The normalized spacial score (nSPS) is 12.5. The van der Waals surface area contributed by atoms with Crippen LogP contribution >= 0.6 is 11.3 Å². The van der Waals surface area contributed by atoms with Gasteiger partial charge in [-0.05, 0) is 181 Å². The van der Waals surface area contributed by atoms with Gasteiger partial charge in [0.1, 0.15) is 22.3 Å². The molecule has 17 aromatic carbocycles. The lowest BCUT2D eigenvalue weighted by molar-refractivity contribution is 0.669. The van der Waals surface area contributed by atoms with E-state index in [1.807, 2.05) is 11.3 Å². The second kappa shape index (κ2) is 24.7. The molecule has 0 N–H and O–H groups in total. The summed E-state index contributed by atoms with van der Waals surface area (Å²) < 4.78 is 24.8. The Morgan fingerprint density at radius 2 is 0.618 bits per heavy atom. The highest BCUT2D eigenvalue weighted by molar-refractivity contribution is 7.26. The van der Waals surface area contributed by atoms with Gasteiger partial charge in [0.2, 0.25) is 0 Å². The first-order valence-electron chi connectivity index (χ1n) is 37.5. The van der Waals surface area contributed by atoms with Crippen molar-refractivity contribution < 1.29 is 13.3 Å². The largest absolute Gasteiger partial charge is 0.456 e. The first-order chi connectivity index (χ1) is 54.5. The fraction of sp³-hybridized carbons (Fsp3) is 0. The molecule has 0 saturated carbocycles. The summed E-state index contributed by atoms with van der Waals surface area (Å²) in [5, 5.41) is 8.54. The Morgan fingerprint density at radius 1 is 0.236 bits per heavy atom. The minimum absolute atomic E-state index is 0.396. The Hall–Kier alpha value is -14.2. The zero-order valence-corrected chi connectivity index (χ0v) is 60.2. The molecule has 512 valence electrons. The Kier molecular flexibility index (Phi) is 13.9. The summed E-state index contributed by atoms with van der Waals surface area (Å²) in [6.45, 7) is -0.396. The van der Waals surface area contributed by atoms with Crippen LogP contribution in [0.4, 0.5) is 51.2 Å². The van der Waals surface area contributed by atoms with Gasteiger partial charge in [-0.15, -0.1) is 11.3 Å². The summed E-state index contributed by atoms with van der Waals surface area (Å²) in [6.07, 6.45) is 0. The highest BCUT2D eigenvalue weighted by Crippen LogP contribution is 2.57. The van der Waals surface area contributed by atoms with Crippen LogP contribution in [0.15, 0.2) is 389 Å². The number of fused-ring (bicyclic) bond motifs is 16. The van der Waals surface area contributed by atoms with E-state index in [0.717, 1.165) is 189 Å². The molecule has 6 nitrogen and oxygen atoms in total. The molecule has 8 heteroatoms. The summed E-state index contributed by atoms with van der Waals surface area (Å²) in [6, 6.07) is 138. The molecule has 2 aliphatic rings. The molecule has 0 atom stereocenters. The van der Waals surface area contributed by atoms with Crippen molar-refractivity contribution in [1.82, 2.24) is 0 Å². The third-order valence-corrected chi connectivity index (χ3v) is 24.0. The van der Waals surface area contributed by atoms with E-state index in [-0.39, 0.29) is 0 Å². The predicted octanol–water partition coefficient (Wildman–Crippen LogP) is 27.3. The van der Waals surface area contributed by atoms with Crippen molar-refractivity contribution in [2.24, 2.45) is 0 Å². The minimum atomic E-state index is -0.396. The van der Waals surface area contributed by atoms with Crippen LogP contribution in [0, 0.1) is 0 Å². The first-order valence-corrected chi connectivity index (χ1v) is 38.4. The van der Waals surface area contributed by atoms with E-state index in [1.54, 1.807) is 0 Å². The number of nitrogens with zero attached hydrogens (tertiary/aromatic N) is 3. The lowest BCUT2D eigenvalue weighted by atomic mass is 9.33. The highest BCUT2D eigenvalue weighted by atomic mass is 32.1. The van der Waals surface area contributed by atoms with Crippen molar-refractivity contribution in [3.8, 4) is 66.8 Å². The summed E-state index contributed by atoms with van der Waals surface area (Å²) >= 11 is 1.86. The van der Waals surface area contributed by atoms with Crippen LogP contribution in [0.1, 0.15) is 0 Å².